The fourth-order valence-electron chi connectivity index (χ4n) is 1.29. The van der Waals surface area contributed by atoms with E-state index in [-0.39, 0.29) is 11.9 Å². The maximum Gasteiger partial charge on any atom is 0.251 e. The molecule has 1 aromatic carbocycles. The molecule has 0 heterocycles. The Balaban J connectivity index is 2.79. The normalized spacial score (nSPS) is 12.0. The zero-order valence-electron chi connectivity index (χ0n) is 10.0. The van der Waals surface area contributed by atoms with Gasteiger partial charge < -0.3 is 16.0 Å². The van der Waals surface area contributed by atoms with Crippen LogP contribution in [0.4, 0.5) is 5.69 Å². The number of rotatable bonds is 4. The Kier molecular flexibility index (Phi) is 4.31. The summed E-state index contributed by atoms with van der Waals surface area (Å²) in [4.78, 5) is 13.8. The molecular weight excluding hydrogens is 202 g/mol. The fraction of sp³-hybridized carbons (Fsp3) is 0.417. The third-order valence-electron chi connectivity index (χ3n) is 2.36. The smallest absolute Gasteiger partial charge is 0.251 e. The first kappa shape index (κ1) is 12.5. The number of nitrogens with one attached hydrogen (secondary N) is 1. The molecule has 1 aromatic rings. The molecule has 0 aliphatic carbocycles. The van der Waals surface area contributed by atoms with Gasteiger partial charge in [0.25, 0.3) is 5.91 Å². The van der Waals surface area contributed by atoms with Crippen molar-refractivity contribution >= 4 is 11.6 Å². The molecule has 1 atom stereocenters. The summed E-state index contributed by atoms with van der Waals surface area (Å²) < 4.78 is 0. The Hall–Kier alpha value is -1.55. The van der Waals surface area contributed by atoms with E-state index < -0.39 is 0 Å². The molecule has 0 aromatic heterocycles. The van der Waals surface area contributed by atoms with Crippen molar-refractivity contribution in [1.82, 2.24) is 5.32 Å². The molecule has 0 unspecified atom stereocenters. The lowest BCUT2D eigenvalue weighted by Crippen LogP contribution is -2.37. The molecule has 0 saturated heterocycles. The lowest BCUT2D eigenvalue weighted by atomic mass is 10.1. The van der Waals surface area contributed by atoms with Crippen LogP contribution in [0.15, 0.2) is 24.3 Å². The molecule has 16 heavy (non-hydrogen) atoms. The lowest BCUT2D eigenvalue weighted by Gasteiger charge is -2.15. The standard InChI is InChI=1S/C12H19N3O/c1-9(8-13)14-12(16)10-5-4-6-11(7-10)15(2)3/h4-7,9H,8,13H2,1-3H3,(H,14,16)/t9-/m1/s1. The highest BCUT2D eigenvalue weighted by molar-refractivity contribution is 5.95. The van der Waals surface area contributed by atoms with Crippen LogP contribution in [0.25, 0.3) is 0 Å². The van der Waals surface area contributed by atoms with Crippen LogP contribution in [0, 0.1) is 0 Å². The molecule has 0 bridgehead atoms. The number of hydrogen-bond acceptors (Lipinski definition) is 3. The summed E-state index contributed by atoms with van der Waals surface area (Å²) in [7, 11) is 3.89. The van der Waals surface area contributed by atoms with Gasteiger partial charge >= 0.3 is 0 Å². The van der Waals surface area contributed by atoms with Gasteiger partial charge in [-0.2, -0.15) is 0 Å². The van der Waals surface area contributed by atoms with Crippen LogP contribution in [-0.2, 0) is 0 Å². The van der Waals surface area contributed by atoms with Gasteiger partial charge in [0.1, 0.15) is 0 Å². The van der Waals surface area contributed by atoms with Gasteiger partial charge in [0.15, 0.2) is 0 Å². The van der Waals surface area contributed by atoms with Gasteiger partial charge in [-0.1, -0.05) is 6.07 Å². The summed E-state index contributed by atoms with van der Waals surface area (Å²) in [5.41, 5.74) is 7.12. The number of nitrogens with zero attached hydrogens (tertiary/aromatic N) is 1. The Bertz CT molecular complexity index is 363. The van der Waals surface area contributed by atoms with E-state index in [1.807, 2.05) is 44.1 Å². The zero-order chi connectivity index (χ0) is 12.1. The SMILES string of the molecule is C[C@H](CN)NC(=O)c1cccc(N(C)C)c1. The lowest BCUT2D eigenvalue weighted by molar-refractivity contribution is 0.0941. The summed E-state index contributed by atoms with van der Waals surface area (Å²) in [6.07, 6.45) is 0. The number of anilines is 1. The number of amides is 1. The first-order valence-corrected chi connectivity index (χ1v) is 5.33. The highest BCUT2D eigenvalue weighted by Gasteiger charge is 2.09. The van der Waals surface area contributed by atoms with Crippen molar-refractivity contribution in [2.24, 2.45) is 5.73 Å². The maximum atomic E-state index is 11.8. The Morgan fingerprint density at radius 3 is 2.75 bits per heavy atom. The van der Waals surface area contributed by atoms with E-state index >= 15 is 0 Å². The highest BCUT2D eigenvalue weighted by Crippen LogP contribution is 2.13. The van der Waals surface area contributed by atoms with Gasteiger partial charge in [0.05, 0.1) is 0 Å². The monoisotopic (exact) mass is 221 g/mol. The van der Waals surface area contributed by atoms with Crippen molar-refractivity contribution in [3.63, 3.8) is 0 Å². The summed E-state index contributed by atoms with van der Waals surface area (Å²) >= 11 is 0. The van der Waals surface area contributed by atoms with Crippen LogP contribution in [0.2, 0.25) is 0 Å². The summed E-state index contributed by atoms with van der Waals surface area (Å²) in [5, 5.41) is 2.83. The topological polar surface area (TPSA) is 58.4 Å². The van der Waals surface area contributed by atoms with E-state index in [0.29, 0.717) is 12.1 Å². The molecule has 88 valence electrons. The molecule has 0 radical (unpaired) electrons. The number of hydrogen-bond donors (Lipinski definition) is 2. The maximum absolute atomic E-state index is 11.8. The molecule has 4 heteroatoms. The molecule has 0 saturated carbocycles. The third-order valence-corrected chi connectivity index (χ3v) is 2.36. The molecule has 0 fully saturated rings. The second kappa shape index (κ2) is 5.51. The molecular formula is C12H19N3O. The van der Waals surface area contributed by atoms with Gasteiger partial charge in [-0.05, 0) is 25.1 Å². The van der Waals surface area contributed by atoms with E-state index in [1.165, 1.54) is 0 Å². The van der Waals surface area contributed by atoms with Gasteiger partial charge in [0, 0.05) is 37.9 Å². The second-order valence-electron chi connectivity index (χ2n) is 4.05. The minimum atomic E-state index is -0.0818. The van der Waals surface area contributed by atoms with Crippen molar-refractivity contribution in [1.29, 1.82) is 0 Å². The van der Waals surface area contributed by atoms with E-state index in [4.69, 9.17) is 5.73 Å². The molecule has 1 rings (SSSR count). The molecule has 1 amide bonds. The van der Waals surface area contributed by atoms with Crippen LogP contribution >= 0.6 is 0 Å². The first-order chi connectivity index (χ1) is 7.54. The minimum absolute atomic E-state index is 0.00416. The Morgan fingerprint density at radius 1 is 1.50 bits per heavy atom. The average molecular weight is 221 g/mol. The van der Waals surface area contributed by atoms with Crippen molar-refractivity contribution < 1.29 is 4.79 Å². The van der Waals surface area contributed by atoms with Crippen LogP contribution < -0.4 is 16.0 Å². The number of benzene rings is 1. The quantitative estimate of drug-likeness (QED) is 0.791. The summed E-state index contributed by atoms with van der Waals surface area (Å²) in [5.74, 6) is -0.0818. The third kappa shape index (κ3) is 3.24. The molecule has 0 aliphatic heterocycles. The molecule has 4 nitrogen and oxygen atoms in total. The Labute approximate surface area is 96.4 Å². The average Bonchev–Trinajstić information content (AvgIpc) is 2.28. The van der Waals surface area contributed by atoms with Crippen LogP contribution in [0.1, 0.15) is 17.3 Å². The van der Waals surface area contributed by atoms with Crippen molar-refractivity contribution in [3.8, 4) is 0 Å². The van der Waals surface area contributed by atoms with Gasteiger partial charge in [-0.3, -0.25) is 4.79 Å². The van der Waals surface area contributed by atoms with Gasteiger partial charge in [-0.25, -0.2) is 0 Å². The molecule has 0 aliphatic rings. The van der Waals surface area contributed by atoms with E-state index in [1.54, 1.807) is 6.07 Å². The van der Waals surface area contributed by atoms with Crippen molar-refractivity contribution in [3.05, 3.63) is 29.8 Å². The highest BCUT2D eigenvalue weighted by atomic mass is 16.1. The van der Waals surface area contributed by atoms with Crippen LogP contribution in [0.3, 0.4) is 0 Å². The predicted molar refractivity (Wildman–Crippen MR) is 66.8 cm³/mol. The Morgan fingerprint density at radius 2 is 2.19 bits per heavy atom. The number of carbonyl (C=O) groups is 1. The van der Waals surface area contributed by atoms with Gasteiger partial charge in [-0.15, -0.1) is 0 Å². The fourth-order valence-corrected chi connectivity index (χ4v) is 1.29. The first-order valence-electron chi connectivity index (χ1n) is 5.33. The van der Waals surface area contributed by atoms with E-state index in [0.717, 1.165) is 5.69 Å². The zero-order valence-corrected chi connectivity index (χ0v) is 10.0. The van der Waals surface area contributed by atoms with Gasteiger partial charge in [0.2, 0.25) is 0 Å². The molecule has 0 spiro atoms. The summed E-state index contributed by atoms with van der Waals surface area (Å²) in [6.45, 7) is 2.33. The number of carbonyl (C=O) groups excluding carboxylic acids is 1. The van der Waals surface area contributed by atoms with Crippen molar-refractivity contribution in [2.75, 3.05) is 25.5 Å². The largest absolute Gasteiger partial charge is 0.378 e. The number of nitrogens with two attached hydrogens (primary N) is 1. The van der Waals surface area contributed by atoms with Crippen LogP contribution in [0.5, 0.6) is 0 Å². The minimum Gasteiger partial charge on any atom is -0.378 e. The second-order valence-corrected chi connectivity index (χ2v) is 4.05. The van der Waals surface area contributed by atoms with Crippen LogP contribution in [-0.4, -0.2) is 32.6 Å². The van der Waals surface area contributed by atoms with Crippen molar-refractivity contribution in [2.45, 2.75) is 13.0 Å². The molecule has 3 N–H and O–H groups in total. The predicted octanol–water partition coefficient (Wildman–Crippen LogP) is 0.830. The van der Waals surface area contributed by atoms with E-state index in [9.17, 15) is 4.79 Å². The van der Waals surface area contributed by atoms with E-state index in [2.05, 4.69) is 5.32 Å². The summed E-state index contributed by atoms with van der Waals surface area (Å²) in [6, 6.07) is 7.49.